The molecule has 0 bridgehead atoms. The molecule has 0 saturated carbocycles. The van der Waals surface area contributed by atoms with Gasteiger partial charge in [0.25, 0.3) is 0 Å². The fourth-order valence-electron chi connectivity index (χ4n) is 3.75. The van der Waals surface area contributed by atoms with Gasteiger partial charge in [0, 0.05) is 38.7 Å². The highest BCUT2D eigenvalue weighted by molar-refractivity contribution is 5.57. The first kappa shape index (κ1) is 16.8. The van der Waals surface area contributed by atoms with Crippen LogP contribution in [0.1, 0.15) is 23.9 Å². The summed E-state index contributed by atoms with van der Waals surface area (Å²) in [6.45, 7) is 5.26. The lowest BCUT2D eigenvalue weighted by Gasteiger charge is -2.27. The van der Waals surface area contributed by atoms with Gasteiger partial charge in [-0.25, -0.2) is 4.98 Å². The molecule has 3 aromatic rings. The highest BCUT2D eigenvalue weighted by Crippen LogP contribution is 2.26. The molecule has 1 aliphatic heterocycles. The molecule has 2 heterocycles. The Morgan fingerprint density at radius 1 is 1.04 bits per heavy atom. The van der Waals surface area contributed by atoms with Gasteiger partial charge in [-0.2, -0.15) is 0 Å². The van der Waals surface area contributed by atoms with Crippen molar-refractivity contribution in [3.05, 3.63) is 83.2 Å². The largest absolute Gasteiger partial charge is 0.330 e. The average molecular weight is 343 g/mol. The topological polar surface area (TPSA) is 21.1 Å². The zero-order chi connectivity index (χ0) is 17.9. The number of hydrogen-bond donors (Lipinski definition) is 0. The fraction of sp³-hybridized carbons (Fsp3) is 0.261. The van der Waals surface area contributed by atoms with E-state index < -0.39 is 0 Å². The summed E-state index contributed by atoms with van der Waals surface area (Å²) >= 11 is 0. The second kappa shape index (κ2) is 7.30. The van der Waals surface area contributed by atoms with E-state index in [1.807, 2.05) is 0 Å². The van der Waals surface area contributed by atoms with Crippen molar-refractivity contribution in [1.82, 2.24) is 14.5 Å². The Balaban J connectivity index is 1.51. The Morgan fingerprint density at radius 2 is 1.73 bits per heavy atom. The Labute approximate surface area is 155 Å². The van der Waals surface area contributed by atoms with E-state index in [4.69, 9.17) is 4.98 Å². The number of nitrogens with zero attached hydrogens (tertiary/aromatic N) is 3. The number of rotatable bonds is 4. The van der Waals surface area contributed by atoms with E-state index in [0.29, 0.717) is 0 Å². The summed E-state index contributed by atoms with van der Waals surface area (Å²) in [5, 5.41) is 0. The quantitative estimate of drug-likeness (QED) is 0.693. The van der Waals surface area contributed by atoms with Crippen molar-refractivity contribution >= 4 is 6.08 Å². The van der Waals surface area contributed by atoms with Gasteiger partial charge in [0.05, 0.1) is 11.4 Å². The summed E-state index contributed by atoms with van der Waals surface area (Å²) in [7, 11) is 2.14. The van der Waals surface area contributed by atoms with Crippen LogP contribution in [0.3, 0.4) is 0 Å². The van der Waals surface area contributed by atoms with E-state index >= 15 is 0 Å². The van der Waals surface area contributed by atoms with E-state index in [1.165, 1.54) is 28.1 Å². The monoisotopic (exact) mass is 343 g/mol. The van der Waals surface area contributed by atoms with Gasteiger partial charge in [0.1, 0.15) is 5.82 Å². The normalized spacial score (nSPS) is 15.1. The molecular weight excluding hydrogens is 318 g/mol. The predicted molar refractivity (Wildman–Crippen MR) is 108 cm³/mol. The van der Waals surface area contributed by atoms with E-state index in [-0.39, 0.29) is 0 Å². The average Bonchev–Trinajstić information content (AvgIpc) is 3.00. The highest BCUT2D eigenvalue weighted by Gasteiger charge is 2.23. The lowest BCUT2D eigenvalue weighted by Crippen LogP contribution is -2.32. The van der Waals surface area contributed by atoms with Crippen molar-refractivity contribution in [2.24, 2.45) is 7.05 Å². The second-order valence-electron chi connectivity index (χ2n) is 7.12. The van der Waals surface area contributed by atoms with Gasteiger partial charge in [-0.15, -0.1) is 0 Å². The van der Waals surface area contributed by atoms with Gasteiger partial charge < -0.3 is 4.57 Å². The minimum atomic E-state index is 0.964. The van der Waals surface area contributed by atoms with E-state index in [2.05, 4.69) is 90.2 Å². The van der Waals surface area contributed by atoms with Crippen LogP contribution < -0.4 is 0 Å². The van der Waals surface area contributed by atoms with Gasteiger partial charge in [-0.05, 0) is 12.5 Å². The van der Waals surface area contributed by atoms with Gasteiger partial charge in [-0.1, -0.05) is 72.3 Å². The maximum absolute atomic E-state index is 4.92. The summed E-state index contributed by atoms with van der Waals surface area (Å²) in [6.07, 6.45) is 3.31. The van der Waals surface area contributed by atoms with Crippen molar-refractivity contribution in [3.63, 3.8) is 0 Å². The highest BCUT2D eigenvalue weighted by atomic mass is 15.2. The Kier molecular flexibility index (Phi) is 4.72. The van der Waals surface area contributed by atoms with Crippen LogP contribution in [0.2, 0.25) is 0 Å². The molecule has 1 aliphatic rings. The summed E-state index contributed by atoms with van der Waals surface area (Å²) in [5.74, 6) is 1.08. The first-order valence-corrected chi connectivity index (χ1v) is 9.25. The van der Waals surface area contributed by atoms with Gasteiger partial charge >= 0.3 is 0 Å². The molecule has 26 heavy (non-hydrogen) atoms. The van der Waals surface area contributed by atoms with Crippen LogP contribution >= 0.6 is 0 Å². The fourth-order valence-corrected chi connectivity index (χ4v) is 3.75. The molecule has 0 aliphatic carbocycles. The van der Waals surface area contributed by atoms with Crippen LogP contribution in [0.5, 0.6) is 0 Å². The molecule has 0 fully saturated rings. The van der Waals surface area contributed by atoms with Crippen LogP contribution in [-0.2, 0) is 20.0 Å². The summed E-state index contributed by atoms with van der Waals surface area (Å²) in [5.41, 5.74) is 6.46. The molecule has 1 aromatic heterocycles. The number of benzene rings is 2. The molecular formula is C23H25N3. The molecule has 4 rings (SSSR count). The smallest absolute Gasteiger partial charge is 0.140 e. The maximum atomic E-state index is 4.92. The van der Waals surface area contributed by atoms with Crippen LogP contribution in [0.4, 0.5) is 0 Å². The SMILES string of the molecule is C/C(=C\c1ccccc1)CN1CCc2nc(-c3ccccc3)n(C)c2C1. The van der Waals surface area contributed by atoms with Crippen LogP contribution in [0.25, 0.3) is 17.5 Å². The Hall–Kier alpha value is -2.65. The summed E-state index contributed by atoms with van der Waals surface area (Å²) < 4.78 is 2.27. The zero-order valence-corrected chi connectivity index (χ0v) is 15.5. The van der Waals surface area contributed by atoms with Crippen molar-refractivity contribution in [2.75, 3.05) is 13.1 Å². The molecule has 0 spiro atoms. The molecule has 0 radical (unpaired) electrons. The number of hydrogen-bond acceptors (Lipinski definition) is 2. The number of imidazole rings is 1. The minimum absolute atomic E-state index is 0.964. The maximum Gasteiger partial charge on any atom is 0.140 e. The third-order valence-electron chi connectivity index (χ3n) is 5.05. The second-order valence-corrected chi connectivity index (χ2v) is 7.12. The van der Waals surface area contributed by atoms with Gasteiger partial charge in [0.2, 0.25) is 0 Å². The van der Waals surface area contributed by atoms with E-state index in [1.54, 1.807) is 0 Å². The van der Waals surface area contributed by atoms with E-state index in [0.717, 1.165) is 31.9 Å². The molecule has 3 heteroatoms. The molecule has 0 saturated heterocycles. The zero-order valence-electron chi connectivity index (χ0n) is 15.5. The first-order chi connectivity index (χ1) is 12.7. The summed E-state index contributed by atoms with van der Waals surface area (Å²) in [6, 6.07) is 21.0. The van der Waals surface area contributed by atoms with Crippen LogP contribution in [0, 0.1) is 0 Å². The van der Waals surface area contributed by atoms with Gasteiger partial charge in [-0.3, -0.25) is 4.90 Å². The molecule has 132 valence electrons. The Bertz CT molecular complexity index is 907. The molecule has 2 aromatic carbocycles. The van der Waals surface area contributed by atoms with E-state index in [9.17, 15) is 0 Å². The third-order valence-corrected chi connectivity index (χ3v) is 5.05. The van der Waals surface area contributed by atoms with Crippen LogP contribution in [0.15, 0.2) is 66.2 Å². The molecule has 0 atom stereocenters. The third kappa shape index (κ3) is 3.49. The van der Waals surface area contributed by atoms with Crippen molar-refractivity contribution in [2.45, 2.75) is 19.9 Å². The number of fused-ring (bicyclic) bond motifs is 1. The lowest BCUT2D eigenvalue weighted by molar-refractivity contribution is 0.268. The van der Waals surface area contributed by atoms with Crippen molar-refractivity contribution in [1.29, 1.82) is 0 Å². The molecule has 0 unspecified atom stereocenters. The molecule has 0 N–H and O–H groups in total. The standard InChI is InChI=1S/C23H25N3/c1-18(15-19-9-5-3-6-10-19)16-26-14-13-21-22(17-26)25(2)23(24-21)20-11-7-4-8-12-20/h3-12,15H,13-14,16-17H2,1-2H3/b18-15+. The lowest BCUT2D eigenvalue weighted by atomic mass is 10.1. The first-order valence-electron chi connectivity index (χ1n) is 9.25. The summed E-state index contributed by atoms with van der Waals surface area (Å²) in [4.78, 5) is 7.44. The van der Waals surface area contributed by atoms with Gasteiger partial charge in [0.15, 0.2) is 0 Å². The molecule has 0 amide bonds. The number of aromatic nitrogens is 2. The van der Waals surface area contributed by atoms with Crippen LogP contribution in [-0.4, -0.2) is 27.5 Å². The Morgan fingerprint density at radius 3 is 2.46 bits per heavy atom. The van der Waals surface area contributed by atoms with Crippen molar-refractivity contribution in [3.8, 4) is 11.4 Å². The molecule has 3 nitrogen and oxygen atoms in total. The minimum Gasteiger partial charge on any atom is -0.330 e. The predicted octanol–water partition coefficient (Wildman–Crippen LogP) is 4.55. The van der Waals surface area contributed by atoms with Crippen molar-refractivity contribution < 1.29 is 0 Å².